The Kier molecular flexibility index (Phi) is 8.22. The van der Waals surface area contributed by atoms with Gasteiger partial charge in [-0.15, -0.1) is 11.3 Å². The molecule has 0 spiro atoms. The average molecular weight is 301 g/mol. The van der Waals surface area contributed by atoms with E-state index in [0.717, 1.165) is 12.1 Å². The Morgan fingerprint density at radius 3 is 2.45 bits per heavy atom. The molecule has 1 rings (SSSR count). The van der Waals surface area contributed by atoms with Gasteiger partial charge in [0, 0.05) is 11.9 Å². The first-order chi connectivity index (χ1) is 9.31. The molecule has 0 unspecified atom stereocenters. The fourth-order valence-corrected chi connectivity index (χ4v) is 1.98. The van der Waals surface area contributed by atoms with Crippen LogP contribution in [-0.4, -0.2) is 28.1 Å². The Morgan fingerprint density at radius 1 is 1.45 bits per heavy atom. The molecule has 6 heteroatoms. The van der Waals surface area contributed by atoms with E-state index in [-0.39, 0.29) is 6.09 Å². The standard InChI is InChI=1S/C12H21N3O2S.C2H6/c1-5-6-15(11(16)17-12(2,3)4)7-9-8-18-10(13)14-9;1-2/h8H,5-7H2,1-4H3,(H2,13,14);1-2H3. The third-order valence-electron chi connectivity index (χ3n) is 2.07. The topological polar surface area (TPSA) is 68.5 Å². The second-order valence-corrected chi connectivity index (χ2v) is 5.97. The Morgan fingerprint density at radius 2 is 2.05 bits per heavy atom. The van der Waals surface area contributed by atoms with Gasteiger partial charge in [0.1, 0.15) is 5.60 Å². The van der Waals surface area contributed by atoms with Crippen molar-refractivity contribution in [2.45, 2.75) is 60.1 Å². The van der Waals surface area contributed by atoms with E-state index >= 15 is 0 Å². The maximum atomic E-state index is 12.0. The van der Waals surface area contributed by atoms with E-state index in [1.54, 1.807) is 4.90 Å². The minimum atomic E-state index is -0.482. The quantitative estimate of drug-likeness (QED) is 0.915. The van der Waals surface area contributed by atoms with E-state index in [4.69, 9.17) is 10.5 Å². The molecule has 0 radical (unpaired) electrons. The zero-order chi connectivity index (χ0) is 15.8. The second kappa shape index (κ2) is 8.79. The SMILES string of the molecule is CC.CCCN(Cc1csc(N)n1)C(=O)OC(C)(C)C. The molecule has 116 valence electrons. The molecule has 1 heterocycles. The van der Waals surface area contributed by atoms with E-state index in [2.05, 4.69) is 4.98 Å². The van der Waals surface area contributed by atoms with Crippen molar-refractivity contribution in [1.29, 1.82) is 0 Å². The van der Waals surface area contributed by atoms with Crippen molar-refractivity contribution in [1.82, 2.24) is 9.88 Å². The highest BCUT2D eigenvalue weighted by atomic mass is 32.1. The number of hydrogen-bond donors (Lipinski definition) is 1. The Bertz CT molecular complexity index is 399. The minimum absolute atomic E-state index is 0.309. The summed E-state index contributed by atoms with van der Waals surface area (Å²) in [5.41, 5.74) is 5.90. The molecule has 0 fully saturated rings. The largest absolute Gasteiger partial charge is 0.444 e. The van der Waals surface area contributed by atoms with Crippen LogP contribution in [0.2, 0.25) is 0 Å². The van der Waals surface area contributed by atoms with Gasteiger partial charge in [-0.2, -0.15) is 0 Å². The van der Waals surface area contributed by atoms with Crippen molar-refractivity contribution in [2.75, 3.05) is 12.3 Å². The van der Waals surface area contributed by atoms with Crippen molar-refractivity contribution < 1.29 is 9.53 Å². The molecule has 1 amide bonds. The molecular weight excluding hydrogens is 274 g/mol. The number of ether oxygens (including phenoxy) is 1. The van der Waals surface area contributed by atoms with Crippen molar-refractivity contribution >= 4 is 22.6 Å². The molecule has 1 aromatic rings. The average Bonchev–Trinajstić information content (AvgIpc) is 2.75. The zero-order valence-corrected chi connectivity index (χ0v) is 14.2. The van der Waals surface area contributed by atoms with Gasteiger partial charge in [-0.05, 0) is 27.2 Å². The van der Waals surface area contributed by atoms with Crippen LogP contribution in [0, 0.1) is 0 Å². The van der Waals surface area contributed by atoms with Gasteiger partial charge in [0.2, 0.25) is 0 Å². The molecule has 0 bridgehead atoms. The predicted octanol–water partition coefficient (Wildman–Crippen LogP) is 3.90. The van der Waals surface area contributed by atoms with Gasteiger partial charge in [0.15, 0.2) is 5.13 Å². The van der Waals surface area contributed by atoms with E-state index in [9.17, 15) is 4.79 Å². The summed E-state index contributed by atoms with van der Waals surface area (Å²) in [4.78, 5) is 17.8. The third kappa shape index (κ3) is 7.33. The number of nitrogen functional groups attached to an aromatic ring is 1. The summed E-state index contributed by atoms with van der Waals surface area (Å²) in [6, 6.07) is 0. The van der Waals surface area contributed by atoms with Crippen LogP contribution in [0.3, 0.4) is 0 Å². The number of carbonyl (C=O) groups is 1. The number of amides is 1. The highest BCUT2D eigenvalue weighted by Crippen LogP contribution is 2.16. The molecule has 20 heavy (non-hydrogen) atoms. The highest BCUT2D eigenvalue weighted by Gasteiger charge is 2.22. The molecular formula is C14H27N3O2S. The van der Waals surface area contributed by atoms with Gasteiger partial charge < -0.3 is 15.4 Å². The number of carbonyl (C=O) groups excluding carboxylic acids is 1. The maximum absolute atomic E-state index is 12.0. The minimum Gasteiger partial charge on any atom is -0.444 e. The summed E-state index contributed by atoms with van der Waals surface area (Å²) in [7, 11) is 0. The smallest absolute Gasteiger partial charge is 0.410 e. The van der Waals surface area contributed by atoms with Gasteiger partial charge in [-0.1, -0.05) is 20.8 Å². The van der Waals surface area contributed by atoms with Gasteiger partial charge in [0.05, 0.1) is 12.2 Å². The highest BCUT2D eigenvalue weighted by molar-refractivity contribution is 7.13. The summed E-state index contributed by atoms with van der Waals surface area (Å²) in [6.45, 7) is 12.7. The molecule has 0 atom stereocenters. The molecule has 0 aromatic carbocycles. The van der Waals surface area contributed by atoms with E-state index < -0.39 is 5.60 Å². The third-order valence-corrected chi connectivity index (χ3v) is 2.79. The Hall–Kier alpha value is -1.30. The molecule has 5 nitrogen and oxygen atoms in total. The number of rotatable bonds is 4. The number of hydrogen-bond acceptors (Lipinski definition) is 5. The van der Waals surface area contributed by atoms with Gasteiger partial charge in [-0.25, -0.2) is 9.78 Å². The van der Waals surface area contributed by atoms with Crippen molar-refractivity contribution in [3.63, 3.8) is 0 Å². The summed E-state index contributed by atoms with van der Waals surface area (Å²) in [5.74, 6) is 0. The summed E-state index contributed by atoms with van der Waals surface area (Å²) in [6.07, 6.45) is 0.565. The summed E-state index contributed by atoms with van der Waals surface area (Å²) < 4.78 is 5.36. The lowest BCUT2D eigenvalue weighted by molar-refractivity contribution is 0.0231. The first-order valence-corrected chi connectivity index (χ1v) is 7.87. The number of thiazole rings is 1. The van der Waals surface area contributed by atoms with Crippen LogP contribution in [0.4, 0.5) is 9.93 Å². The van der Waals surface area contributed by atoms with E-state index in [1.165, 1.54) is 11.3 Å². The predicted molar refractivity (Wildman–Crippen MR) is 84.8 cm³/mol. The van der Waals surface area contributed by atoms with Crippen molar-refractivity contribution in [3.05, 3.63) is 11.1 Å². The first-order valence-electron chi connectivity index (χ1n) is 6.99. The number of nitrogens with two attached hydrogens (primary N) is 1. The molecule has 0 saturated carbocycles. The van der Waals surface area contributed by atoms with Crippen molar-refractivity contribution in [2.24, 2.45) is 0 Å². The molecule has 0 saturated heterocycles. The lowest BCUT2D eigenvalue weighted by atomic mass is 10.2. The second-order valence-electron chi connectivity index (χ2n) is 5.08. The normalized spacial score (nSPS) is 10.5. The van der Waals surface area contributed by atoms with Gasteiger partial charge >= 0.3 is 6.09 Å². The van der Waals surface area contributed by atoms with Crippen LogP contribution >= 0.6 is 11.3 Å². The van der Waals surface area contributed by atoms with E-state index in [0.29, 0.717) is 18.2 Å². The molecule has 0 aliphatic rings. The monoisotopic (exact) mass is 301 g/mol. The molecule has 0 aliphatic carbocycles. The van der Waals surface area contributed by atoms with Crippen LogP contribution in [0.25, 0.3) is 0 Å². The number of aromatic nitrogens is 1. The summed E-state index contributed by atoms with van der Waals surface area (Å²) in [5, 5.41) is 2.38. The van der Waals surface area contributed by atoms with E-state index in [1.807, 2.05) is 46.9 Å². The molecule has 0 aliphatic heterocycles. The fourth-order valence-electron chi connectivity index (χ4n) is 1.42. The fraction of sp³-hybridized carbons (Fsp3) is 0.714. The molecule has 1 aromatic heterocycles. The number of anilines is 1. The summed E-state index contributed by atoms with van der Waals surface area (Å²) >= 11 is 1.38. The van der Waals surface area contributed by atoms with Crippen LogP contribution < -0.4 is 5.73 Å². The van der Waals surface area contributed by atoms with Gasteiger partial charge in [0.25, 0.3) is 0 Å². The maximum Gasteiger partial charge on any atom is 0.410 e. The van der Waals surface area contributed by atoms with Crippen LogP contribution in [0.5, 0.6) is 0 Å². The number of nitrogens with zero attached hydrogens (tertiary/aromatic N) is 2. The first kappa shape index (κ1) is 18.7. The lowest BCUT2D eigenvalue weighted by Crippen LogP contribution is -2.37. The zero-order valence-electron chi connectivity index (χ0n) is 13.4. The Labute approximate surface area is 126 Å². The molecule has 2 N–H and O–H groups in total. The van der Waals surface area contributed by atoms with Crippen LogP contribution in [0.15, 0.2) is 5.38 Å². The lowest BCUT2D eigenvalue weighted by Gasteiger charge is -2.26. The van der Waals surface area contributed by atoms with Gasteiger partial charge in [-0.3, -0.25) is 0 Å². The Balaban J connectivity index is 0.00000172. The van der Waals surface area contributed by atoms with Crippen molar-refractivity contribution in [3.8, 4) is 0 Å². The van der Waals surface area contributed by atoms with Crippen LogP contribution in [-0.2, 0) is 11.3 Å². The van der Waals surface area contributed by atoms with Crippen LogP contribution in [0.1, 0.15) is 53.7 Å².